The highest BCUT2D eigenvalue weighted by atomic mass is 79.9. The lowest BCUT2D eigenvalue weighted by atomic mass is 10.0. The van der Waals surface area contributed by atoms with Crippen LogP contribution in [0.15, 0.2) is 16.6 Å². The first kappa shape index (κ1) is 13.2. The maximum Gasteiger partial charge on any atom is 0.228 e. The van der Waals surface area contributed by atoms with Crippen LogP contribution in [0.4, 0.5) is 5.69 Å². The molecular weight excluding hydrogens is 302 g/mol. The lowest BCUT2D eigenvalue weighted by molar-refractivity contribution is -0.117. The van der Waals surface area contributed by atoms with Crippen molar-refractivity contribution in [1.82, 2.24) is 0 Å². The minimum atomic E-state index is 0.234. The van der Waals surface area contributed by atoms with Crippen LogP contribution in [0.25, 0.3) is 0 Å². The van der Waals surface area contributed by atoms with Crippen molar-refractivity contribution in [3.05, 3.63) is 27.7 Å². The molecule has 2 atom stereocenters. The molecule has 0 saturated heterocycles. The topological polar surface area (TPSA) is 29.1 Å². The number of anilines is 1. The minimum absolute atomic E-state index is 0.234. The Morgan fingerprint density at radius 2 is 1.68 bits per heavy atom. The fourth-order valence-corrected chi connectivity index (χ4v) is 3.85. The first-order valence-electron chi connectivity index (χ1n) is 7.15. The van der Waals surface area contributed by atoms with Crippen molar-refractivity contribution in [2.24, 2.45) is 17.8 Å². The summed E-state index contributed by atoms with van der Waals surface area (Å²) < 4.78 is 1.13. The molecule has 1 amide bonds. The number of aryl methyl sites for hydroxylation is 2. The predicted octanol–water partition coefficient (Wildman–Crippen LogP) is 4.44. The minimum Gasteiger partial charge on any atom is -0.326 e. The molecule has 3 rings (SSSR count). The molecule has 2 aliphatic carbocycles. The van der Waals surface area contributed by atoms with Crippen LogP contribution in [0, 0.1) is 31.6 Å². The monoisotopic (exact) mass is 321 g/mol. The summed E-state index contributed by atoms with van der Waals surface area (Å²) >= 11 is 3.56. The summed E-state index contributed by atoms with van der Waals surface area (Å²) in [6.45, 7) is 4.12. The van der Waals surface area contributed by atoms with Crippen molar-refractivity contribution in [1.29, 1.82) is 0 Å². The summed E-state index contributed by atoms with van der Waals surface area (Å²) in [5.74, 6) is 1.86. The van der Waals surface area contributed by atoms with Gasteiger partial charge in [0.25, 0.3) is 0 Å². The van der Waals surface area contributed by atoms with Crippen molar-refractivity contribution in [2.45, 2.75) is 39.5 Å². The Kier molecular flexibility index (Phi) is 3.42. The fraction of sp³-hybridized carbons (Fsp3) is 0.562. The number of carbonyl (C=O) groups is 1. The van der Waals surface area contributed by atoms with E-state index in [-0.39, 0.29) is 11.8 Å². The number of fused-ring (bicyclic) bond motifs is 1. The quantitative estimate of drug-likeness (QED) is 0.857. The summed E-state index contributed by atoms with van der Waals surface area (Å²) in [4.78, 5) is 12.3. The highest BCUT2D eigenvalue weighted by molar-refractivity contribution is 9.10. The van der Waals surface area contributed by atoms with Crippen LogP contribution in [0.3, 0.4) is 0 Å². The second-order valence-corrected chi connectivity index (χ2v) is 6.84. The fourth-order valence-electron chi connectivity index (χ4n) is 3.62. The van der Waals surface area contributed by atoms with Gasteiger partial charge in [-0.05, 0) is 61.8 Å². The Hall–Kier alpha value is -0.830. The molecule has 0 aliphatic heterocycles. The van der Waals surface area contributed by atoms with Crippen LogP contribution in [-0.4, -0.2) is 5.91 Å². The zero-order valence-electron chi connectivity index (χ0n) is 11.5. The van der Waals surface area contributed by atoms with Gasteiger partial charge in [0, 0.05) is 16.1 Å². The number of amides is 1. The standard InChI is InChI=1S/C16H20BrNO/c1-9-7-11(8-10(2)15(9)17)18-16(19)14-12-5-3-4-6-13(12)14/h7-8,12-14H,3-6H2,1-2H3,(H,18,19). The van der Waals surface area contributed by atoms with Gasteiger partial charge in [-0.3, -0.25) is 4.79 Å². The number of rotatable bonds is 2. The molecule has 2 nitrogen and oxygen atoms in total. The Bertz CT molecular complexity index is 490. The molecule has 3 heteroatoms. The molecule has 2 aliphatic rings. The molecule has 1 N–H and O–H groups in total. The van der Waals surface area contributed by atoms with Crippen molar-refractivity contribution < 1.29 is 4.79 Å². The summed E-state index contributed by atoms with van der Waals surface area (Å²) in [7, 11) is 0. The van der Waals surface area contributed by atoms with Gasteiger partial charge in [-0.2, -0.15) is 0 Å². The number of carbonyl (C=O) groups excluding carboxylic acids is 1. The maximum absolute atomic E-state index is 12.3. The van der Waals surface area contributed by atoms with Gasteiger partial charge in [0.15, 0.2) is 0 Å². The van der Waals surface area contributed by atoms with Crippen LogP contribution in [0.2, 0.25) is 0 Å². The molecule has 0 aromatic heterocycles. The van der Waals surface area contributed by atoms with E-state index in [1.54, 1.807) is 0 Å². The van der Waals surface area contributed by atoms with E-state index >= 15 is 0 Å². The molecule has 2 unspecified atom stereocenters. The number of benzene rings is 1. The Balaban J connectivity index is 1.70. The largest absolute Gasteiger partial charge is 0.326 e. The first-order chi connectivity index (χ1) is 9.08. The van der Waals surface area contributed by atoms with Crippen LogP contribution < -0.4 is 5.32 Å². The highest BCUT2D eigenvalue weighted by Gasteiger charge is 2.54. The highest BCUT2D eigenvalue weighted by Crippen LogP contribution is 2.55. The third-order valence-electron chi connectivity index (χ3n) is 4.66. The summed E-state index contributed by atoms with van der Waals surface area (Å²) in [5.41, 5.74) is 3.28. The Morgan fingerprint density at radius 1 is 1.16 bits per heavy atom. The number of halogens is 1. The smallest absolute Gasteiger partial charge is 0.228 e. The summed E-state index contributed by atoms with van der Waals surface area (Å²) in [5, 5.41) is 3.11. The van der Waals surface area contributed by atoms with E-state index in [0.29, 0.717) is 11.8 Å². The van der Waals surface area contributed by atoms with E-state index in [1.165, 1.54) is 36.8 Å². The van der Waals surface area contributed by atoms with Crippen LogP contribution in [0.1, 0.15) is 36.8 Å². The van der Waals surface area contributed by atoms with Gasteiger partial charge in [0.05, 0.1) is 0 Å². The zero-order valence-corrected chi connectivity index (χ0v) is 13.1. The van der Waals surface area contributed by atoms with Gasteiger partial charge in [0.2, 0.25) is 5.91 Å². The van der Waals surface area contributed by atoms with Crippen LogP contribution in [0.5, 0.6) is 0 Å². The normalized spacial score (nSPS) is 28.7. The van der Waals surface area contributed by atoms with Crippen molar-refractivity contribution in [2.75, 3.05) is 5.32 Å². The van der Waals surface area contributed by atoms with E-state index < -0.39 is 0 Å². The van der Waals surface area contributed by atoms with Crippen LogP contribution in [-0.2, 0) is 4.79 Å². The van der Waals surface area contributed by atoms with Gasteiger partial charge < -0.3 is 5.32 Å². The Morgan fingerprint density at radius 3 is 2.21 bits per heavy atom. The molecule has 102 valence electrons. The van der Waals surface area contributed by atoms with Gasteiger partial charge in [0.1, 0.15) is 0 Å². The predicted molar refractivity (Wildman–Crippen MR) is 81.2 cm³/mol. The van der Waals surface area contributed by atoms with Crippen molar-refractivity contribution in [3.8, 4) is 0 Å². The lowest BCUT2D eigenvalue weighted by Gasteiger charge is -2.09. The molecule has 1 aromatic carbocycles. The van der Waals surface area contributed by atoms with E-state index in [4.69, 9.17) is 0 Å². The average molecular weight is 322 g/mol. The summed E-state index contributed by atoms with van der Waals surface area (Å²) in [6.07, 6.45) is 5.12. The van der Waals surface area contributed by atoms with Gasteiger partial charge in [-0.1, -0.05) is 28.8 Å². The molecule has 0 radical (unpaired) electrons. The maximum atomic E-state index is 12.3. The average Bonchev–Trinajstić information content (AvgIpc) is 3.10. The van der Waals surface area contributed by atoms with Gasteiger partial charge in [-0.25, -0.2) is 0 Å². The first-order valence-corrected chi connectivity index (χ1v) is 7.95. The molecule has 2 saturated carbocycles. The number of hydrogen-bond donors (Lipinski definition) is 1. The van der Waals surface area contributed by atoms with Gasteiger partial charge >= 0.3 is 0 Å². The molecule has 0 heterocycles. The third kappa shape index (κ3) is 2.45. The third-order valence-corrected chi connectivity index (χ3v) is 5.91. The SMILES string of the molecule is Cc1cc(NC(=O)C2C3CCCCC32)cc(C)c1Br. The van der Waals surface area contributed by atoms with Crippen molar-refractivity contribution >= 4 is 27.5 Å². The summed E-state index contributed by atoms with van der Waals surface area (Å²) in [6, 6.07) is 4.09. The molecule has 2 fully saturated rings. The number of nitrogens with one attached hydrogen (secondary N) is 1. The van der Waals surface area contributed by atoms with E-state index in [2.05, 4.69) is 35.1 Å². The molecule has 1 aromatic rings. The van der Waals surface area contributed by atoms with E-state index in [0.717, 1.165) is 10.2 Å². The van der Waals surface area contributed by atoms with Gasteiger partial charge in [-0.15, -0.1) is 0 Å². The molecule has 19 heavy (non-hydrogen) atoms. The second-order valence-electron chi connectivity index (χ2n) is 6.05. The van der Waals surface area contributed by atoms with Crippen LogP contribution >= 0.6 is 15.9 Å². The Labute approximate surface area is 123 Å². The number of hydrogen-bond acceptors (Lipinski definition) is 1. The molecular formula is C16H20BrNO. The van der Waals surface area contributed by atoms with E-state index in [9.17, 15) is 4.79 Å². The van der Waals surface area contributed by atoms with E-state index in [1.807, 2.05) is 12.1 Å². The van der Waals surface area contributed by atoms with Crippen molar-refractivity contribution in [3.63, 3.8) is 0 Å². The lowest BCUT2D eigenvalue weighted by Crippen LogP contribution is -2.15. The molecule has 0 bridgehead atoms. The molecule has 0 spiro atoms. The second kappa shape index (κ2) is 4.93. The zero-order chi connectivity index (χ0) is 13.6.